The van der Waals surface area contributed by atoms with Crippen molar-refractivity contribution in [1.82, 2.24) is 9.97 Å². The van der Waals surface area contributed by atoms with Crippen LogP contribution in [0.1, 0.15) is 13.8 Å². The van der Waals surface area contributed by atoms with Crippen LogP contribution >= 0.6 is 11.6 Å². The molecule has 1 saturated heterocycles. The van der Waals surface area contributed by atoms with Crippen LogP contribution in [0.2, 0.25) is 5.28 Å². The first-order valence-electron chi connectivity index (χ1n) is 4.97. The third kappa shape index (κ3) is 3.04. The van der Waals surface area contributed by atoms with Gasteiger partial charge in [-0.05, 0) is 25.4 Å². The summed E-state index contributed by atoms with van der Waals surface area (Å²) >= 11 is 5.55. The van der Waals surface area contributed by atoms with Crippen LogP contribution in [0.25, 0.3) is 0 Å². The quantitative estimate of drug-likeness (QED) is 0.757. The zero-order valence-corrected chi connectivity index (χ0v) is 9.90. The van der Waals surface area contributed by atoms with Crippen LogP contribution in [-0.4, -0.2) is 35.1 Å². The second-order valence-corrected chi connectivity index (χ2v) is 4.29. The van der Waals surface area contributed by atoms with Crippen LogP contribution in [0.3, 0.4) is 0 Å². The zero-order chi connectivity index (χ0) is 11.6. The summed E-state index contributed by atoms with van der Waals surface area (Å²) in [6, 6.07) is 0. The summed E-state index contributed by atoms with van der Waals surface area (Å²) in [5.74, 6) is 0.0440. The minimum Gasteiger partial charge on any atom is -0.488 e. The smallest absolute Gasteiger partial charge is 0.222 e. The van der Waals surface area contributed by atoms with Crippen LogP contribution in [0.5, 0.6) is 5.75 Å². The average molecular weight is 245 g/mol. The molecule has 0 unspecified atom stereocenters. The number of aromatic nitrogens is 2. The van der Waals surface area contributed by atoms with Gasteiger partial charge in [0.15, 0.2) is 11.5 Å². The van der Waals surface area contributed by atoms with Crippen molar-refractivity contribution in [3.63, 3.8) is 0 Å². The summed E-state index contributed by atoms with van der Waals surface area (Å²) in [7, 11) is 0. The van der Waals surface area contributed by atoms with Crippen LogP contribution in [0.4, 0.5) is 0 Å². The molecule has 1 atom stereocenters. The van der Waals surface area contributed by atoms with E-state index in [1.807, 2.05) is 13.8 Å². The van der Waals surface area contributed by atoms with E-state index >= 15 is 0 Å². The van der Waals surface area contributed by atoms with E-state index in [-0.39, 0.29) is 11.4 Å². The monoisotopic (exact) mass is 244 g/mol. The molecule has 0 radical (unpaired) electrons. The fourth-order valence-electron chi connectivity index (χ4n) is 1.41. The molecule has 0 spiro atoms. The van der Waals surface area contributed by atoms with Gasteiger partial charge in [-0.2, -0.15) is 0 Å². The van der Waals surface area contributed by atoms with Gasteiger partial charge in [-0.3, -0.25) is 0 Å². The van der Waals surface area contributed by atoms with E-state index in [9.17, 15) is 0 Å². The number of halogens is 1. The molecule has 0 amide bonds. The van der Waals surface area contributed by atoms with Crippen LogP contribution < -0.4 is 4.74 Å². The lowest BCUT2D eigenvalue weighted by Gasteiger charge is -2.17. The van der Waals surface area contributed by atoms with E-state index in [0.717, 1.165) is 0 Å². The molecule has 1 aliphatic heterocycles. The Labute approximate surface area is 98.7 Å². The number of nitrogens with zero attached hydrogens (tertiary/aromatic N) is 2. The van der Waals surface area contributed by atoms with Gasteiger partial charge in [-0.1, -0.05) is 0 Å². The molecule has 0 aromatic carbocycles. The van der Waals surface area contributed by atoms with Gasteiger partial charge in [0.1, 0.15) is 12.7 Å². The number of rotatable bonds is 3. The Hall–Kier alpha value is -0.910. The fraction of sp³-hybridized carbons (Fsp3) is 0.600. The van der Waals surface area contributed by atoms with Gasteiger partial charge in [-0.15, -0.1) is 0 Å². The Kier molecular flexibility index (Phi) is 3.28. The first kappa shape index (κ1) is 11.6. The van der Waals surface area contributed by atoms with Gasteiger partial charge in [0, 0.05) is 0 Å². The number of hydrogen-bond acceptors (Lipinski definition) is 5. The van der Waals surface area contributed by atoms with Crippen LogP contribution in [0.15, 0.2) is 12.4 Å². The summed E-state index contributed by atoms with van der Waals surface area (Å²) in [6.45, 7) is 4.69. The molecule has 6 heteroatoms. The number of hydrogen-bond donors (Lipinski definition) is 0. The Morgan fingerprint density at radius 2 is 2.19 bits per heavy atom. The highest BCUT2D eigenvalue weighted by molar-refractivity contribution is 6.28. The summed E-state index contributed by atoms with van der Waals surface area (Å²) < 4.78 is 16.4. The molecule has 88 valence electrons. The Morgan fingerprint density at radius 3 is 2.75 bits per heavy atom. The van der Waals surface area contributed by atoms with Gasteiger partial charge >= 0.3 is 0 Å². The van der Waals surface area contributed by atoms with Gasteiger partial charge in [0.2, 0.25) is 5.28 Å². The predicted molar refractivity (Wildman–Crippen MR) is 57.4 cm³/mol. The van der Waals surface area contributed by atoms with E-state index in [1.165, 1.54) is 12.4 Å². The third-order valence-corrected chi connectivity index (χ3v) is 2.30. The largest absolute Gasteiger partial charge is 0.488 e. The summed E-state index contributed by atoms with van der Waals surface area (Å²) in [5, 5.41) is 0.203. The fourth-order valence-corrected chi connectivity index (χ4v) is 1.51. The molecule has 0 saturated carbocycles. The first-order valence-corrected chi connectivity index (χ1v) is 5.35. The maximum Gasteiger partial charge on any atom is 0.222 e. The van der Waals surface area contributed by atoms with E-state index in [1.54, 1.807) is 0 Å². The summed E-state index contributed by atoms with van der Waals surface area (Å²) in [6.07, 6.45) is 2.98. The molecule has 1 aliphatic rings. The lowest BCUT2D eigenvalue weighted by molar-refractivity contribution is -0.141. The predicted octanol–water partition coefficient (Wildman–Crippen LogP) is 1.66. The Bertz CT molecular complexity index is 356. The highest BCUT2D eigenvalue weighted by Crippen LogP contribution is 2.22. The van der Waals surface area contributed by atoms with E-state index in [2.05, 4.69) is 9.97 Å². The topological polar surface area (TPSA) is 53.5 Å². The maximum atomic E-state index is 5.58. The first-order chi connectivity index (χ1) is 7.55. The van der Waals surface area contributed by atoms with Crippen molar-refractivity contribution in [3.05, 3.63) is 17.7 Å². The number of ether oxygens (including phenoxy) is 3. The van der Waals surface area contributed by atoms with Crippen molar-refractivity contribution in [3.8, 4) is 5.75 Å². The normalized spacial score (nSPS) is 23.3. The molecule has 1 aromatic heterocycles. The minimum absolute atomic E-state index is 0.0642. The molecule has 16 heavy (non-hydrogen) atoms. The Balaban J connectivity index is 1.82. The van der Waals surface area contributed by atoms with Crippen molar-refractivity contribution in [1.29, 1.82) is 0 Å². The van der Waals surface area contributed by atoms with Crippen molar-refractivity contribution in [2.45, 2.75) is 25.7 Å². The summed E-state index contributed by atoms with van der Waals surface area (Å²) in [4.78, 5) is 7.62. The molecule has 0 bridgehead atoms. The molecule has 0 aliphatic carbocycles. The molecule has 5 nitrogen and oxygen atoms in total. The highest BCUT2D eigenvalue weighted by atomic mass is 35.5. The van der Waals surface area contributed by atoms with Crippen LogP contribution in [0, 0.1) is 0 Å². The standard InChI is InChI=1S/C10H13ClN2O3/c1-10(2)15-6-8(16-10)5-14-7-3-12-9(11)13-4-7/h3-4,8H,5-6H2,1-2H3/t8-/m0/s1. The second kappa shape index (κ2) is 4.53. The van der Waals surface area contributed by atoms with Gasteiger partial charge < -0.3 is 14.2 Å². The second-order valence-electron chi connectivity index (χ2n) is 3.95. The lowest BCUT2D eigenvalue weighted by Crippen LogP contribution is -2.25. The van der Waals surface area contributed by atoms with Crippen molar-refractivity contribution in [2.24, 2.45) is 0 Å². The van der Waals surface area contributed by atoms with Gasteiger partial charge in [-0.25, -0.2) is 9.97 Å². The van der Waals surface area contributed by atoms with Gasteiger partial charge in [0.05, 0.1) is 19.0 Å². The minimum atomic E-state index is -0.523. The molecule has 1 fully saturated rings. The molecule has 2 heterocycles. The molecular formula is C10H13ClN2O3. The van der Waals surface area contributed by atoms with E-state index in [4.69, 9.17) is 25.8 Å². The Morgan fingerprint density at radius 1 is 1.50 bits per heavy atom. The summed E-state index contributed by atoms with van der Waals surface area (Å²) in [5.41, 5.74) is 0. The van der Waals surface area contributed by atoms with Crippen molar-refractivity contribution in [2.75, 3.05) is 13.2 Å². The average Bonchev–Trinajstić information content (AvgIpc) is 2.58. The van der Waals surface area contributed by atoms with E-state index < -0.39 is 5.79 Å². The lowest BCUT2D eigenvalue weighted by atomic mass is 10.4. The van der Waals surface area contributed by atoms with Crippen molar-refractivity contribution < 1.29 is 14.2 Å². The molecule has 1 aromatic rings. The SMILES string of the molecule is CC1(C)OC[C@H](COc2cnc(Cl)nc2)O1. The maximum absolute atomic E-state index is 5.58. The highest BCUT2D eigenvalue weighted by Gasteiger charge is 2.32. The third-order valence-electron chi connectivity index (χ3n) is 2.10. The molecular weight excluding hydrogens is 232 g/mol. The van der Waals surface area contributed by atoms with Gasteiger partial charge in [0.25, 0.3) is 0 Å². The zero-order valence-electron chi connectivity index (χ0n) is 9.14. The van der Waals surface area contributed by atoms with Crippen molar-refractivity contribution >= 4 is 11.6 Å². The van der Waals surface area contributed by atoms with Crippen LogP contribution in [-0.2, 0) is 9.47 Å². The molecule has 2 rings (SSSR count). The van der Waals surface area contributed by atoms with E-state index in [0.29, 0.717) is 19.0 Å². The molecule has 0 N–H and O–H groups in total.